The molecule has 1 aromatic rings. The van der Waals surface area contributed by atoms with E-state index >= 15 is 0 Å². The Labute approximate surface area is 110 Å². The second-order valence-electron chi connectivity index (χ2n) is 5.29. The molecule has 3 heteroatoms. The lowest BCUT2D eigenvalue weighted by Crippen LogP contribution is -2.48. The van der Waals surface area contributed by atoms with E-state index in [1.807, 2.05) is 12.1 Å². The Bertz CT molecular complexity index is 394. The molecular weight excluding hydrogens is 224 g/mol. The molecule has 0 spiro atoms. The van der Waals surface area contributed by atoms with Crippen LogP contribution in [0.15, 0.2) is 24.3 Å². The van der Waals surface area contributed by atoms with Gasteiger partial charge >= 0.3 is 0 Å². The van der Waals surface area contributed by atoms with Gasteiger partial charge in [-0.25, -0.2) is 0 Å². The molecule has 2 rings (SSSR count). The molecule has 0 aromatic heterocycles. The molecule has 1 aliphatic rings. The van der Waals surface area contributed by atoms with Crippen LogP contribution < -0.4 is 15.0 Å². The third-order valence-electron chi connectivity index (χ3n) is 3.90. The number of ether oxygens (including phenoxy) is 1. The van der Waals surface area contributed by atoms with Crippen molar-refractivity contribution in [2.75, 3.05) is 31.6 Å². The minimum Gasteiger partial charge on any atom is -0.495 e. The van der Waals surface area contributed by atoms with Crippen molar-refractivity contribution in [2.24, 2.45) is 0 Å². The van der Waals surface area contributed by atoms with Gasteiger partial charge in [-0.05, 0) is 38.4 Å². The van der Waals surface area contributed by atoms with Crippen LogP contribution >= 0.6 is 0 Å². The van der Waals surface area contributed by atoms with Gasteiger partial charge in [0.1, 0.15) is 5.75 Å². The summed E-state index contributed by atoms with van der Waals surface area (Å²) in [6, 6.07) is 8.30. The summed E-state index contributed by atoms with van der Waals surface area (Å²) in [7, 11) is 1.74. The second-order valence-corrected chi connectivity index (χ2v) is 5.29. The maximum absolute atomic E-state index is 5.48. The standard InChI is InChI=1S/C15H24N2O/c1-4-15(2)12-17(11-7-10-16-15)13-8-5-6-9-14(13)18-3/h5-6,8-9,16H,4,7,10-12H2,1-3H3. The highest BCUT2D eigenvalue weighted by atomic mass is 16.5. The highest BCUT2D eigenvalue weighted by Crippen LogP contribution is 2.30. The summed E-state index contributed by atoms with van der Waals surface area (Å²) < 4.78 is 5.48. The summed E-state index contributed by atoms with van der Waals surface area (Å²) in [6.45, 7) is 7.77. The van der Waals surface area contributed by atoms with Gasteiger partial charge in [0.15, 0.2) is 0 Å². The third kappa shape index (κ3) is 2.78. The number of benzene rings is 1. The summed E-state index contributed by atoms with van der Waals surface area (Å²) in [5, 5.41) is 3.66. The van der Waals surface area contributed by atoms with Crippen LogP contribution in [0.2, 0.25) is 0 Å². The van der Waals surface area contributed by atoms with Crippen LogP contribution in [-0.2, 0) is 0 Å². The van der Waals surface area contributed by atoms with Crippen molar-refractivity contribution in [3.63, 3.8) is 0 Å². The third-order valence-corrected chi connectivity index (χ3v) is 3.90. The van der Waals surface area contributed by atoms with E-state index in [0.717, 1.165) is 31.8 Å². The molecule has 100 valence electrons. The number of nitrogens with zero attached hydrogens (tertiary/aromatic N) is 1. The van der Waals surface area contributed by atoms with Gasteiger partial charge in [0, 0.05) is 18.6 Å². The van der Waals surface area contributed by atoms with Crippen molar-refractivity contribution in [3.05, 3.63) is 24.3 Å². The first-order chi connectivity index (χ1) is 8.68. The average Bonchev–Trinajstić information content (AvgIpc) is 2.61. The lowest BCUT2D eigenvalue weighted by atomic mass is 9.98. The van der Waals surface area contributed by atoms with Crippen molar-refractivity contribution in [1.29, 1.82) is 0 Å². The van der Waals surface area contributed by atoms with Crippen LogP contribution in [0.3, 0.4) is 0 Å². The molecule has 0 saturated carbocycles. The second kappa shape index (κ2) is 5.61. The monoisotopic (exact) mass is 248 g/mol. The van der Waals surface area contributed by atoms with E-state index in [1.165, 1.54) is 12.1 Å². The molecule has 1 N–H and O–H groups in total. The number of nitrogens with one attached hydrogen (secondary N) is 1. The minimum absolute atomic E-state index is 0.192. The van der Waals surface area contributed by atoms with E-state index in [0.29, 0.717) is 0 Å². The predicted octanol–water partition coefficient (Wildman–Crippen LogP) is 2.66. The van der Waals surface area contributed by atoms with Crippen molar-refractivity contribution in [1.82, 2.24) is 5.32 Å². The molecule has 3 nitrogen and oxygen atoms in total. The molecule has 1 atom stereocenters. The van der Waals surface area contributed by atoms with Crippen LogP contribution in [0.25, 0.3) is 0 Å². The molecular formula is C15H24N2O. The average molecular weight is 248 g/mol. The molecule has 0 aliphatic carbocycles. The molecule has 0 amide bonds. The number of rotatable bonds is 3. The van der Waals surface area contributed by atoms with Crippen molar-refractivity contribution in [2.45, 2.75) is 32.2 Å². The molecule has 0 radical (unpaired) electrons. The summed E-state index contributed by atoms with van der Waals surface area (Å²) >= 11 is 0. The minimum atomic E-state index is 0.192. The molecule has 1 saturated heterocycles. The first-order valence-corrected chi connectivity index (χ1v) is 6.81. The normalized spacial score (nSPS) is 24.7. The van der Waals surface area contributed by atoms with E-state index in [-0.39, 0.29) is 5.54 Å². The van der Waals surface area contributed by atoms with Gasteiger partial charge in [-0.1, -0.05) is 19.1 Å². The van der Waals surface area contributed by atoms with E-state index in [9.17, 15) is 0 Å². The van der Waals surface area contributed by atoms with Gasteiger partial charge in [-0.15, -0.1) is 0 Å². The fourth-order valence-electron chi connectivity index (χ4n) is 2.55. The zero-order chi connectivity index (χ0) is 13.0. The molecule has 0 bridgehead atoms. The van der Waals surface area contributed by atoms with Gasteiger partial charge in [0.05, 0.1) is 12.8 Å². The van der Waals surface area contributed by atoms with E-state index in [4.69, 9.17) is 4.74 Å². The topological polar surface area (TPSA) is 24.5 Å². The molecule has 1 fully saturated rings. The Morgan fingerprint density at radius 2 is 2.17 bits per heavy atom. The van der Waals surface area contributed by atoms with Crippen LogP contribution in [-0.4, -0.2) is 32.3 Å². The first-order valence-electron chi connectivity index (χ1n) is 6.81. The largest absolute Gasteiger partial charge is 0.495 e. The molecule has 1 unspecified atom stereocenters. The van der Waals surface area contributed by atoms with Crippen molar-refractivity contribution >= 4 is 5.69 Å². The molecule has 18 heavy (non-hydrogen) atoms. The van der Waals surface area contributed by atoms with Gasteiger partial charge in [0.25, 0.3) is 0 Å². The number of hydrogen-bond acceptors (Lipinski definition) is 3. The van der Waals surface area contributed by atoms with Crippen LogP contribution in [0, 0.1) is 0 Å². The highest BCUT2D eigenvalue weighted by Gasteiger charge is 2.28. The van der Waals surface area contributed by atoms with Crippen LogP contribution in [0.4, 0.5) is 5.69 Å². The molecule has 1 heterocycles. The summed E-state index contributed by atoms with van der Waals surface area (Å²) in [5.41, 5.74) is 1.40. The smallest absolute Gasteiger partial charge is 0.142 e. The zero-order valence-electron chi connectivity index (χ0n) is 11.7. The first kappa shape index (κ1) is 13.2. The number of para-hydroxylation sites is 2. The number of methoxy groups -OCH3 is 1. The molecule has 1 aliphatic heterocycles. The van der Waals surface area contributed by atoms with E-state index in [2.05, 4.69) is 36.2 Å². The predicted molar refractivity (Wildman–Crippen MR) is 76.5 cm³/mol. The molecule has 1 aromatic carbocycles. The number of anilines is 1. The van der Waals surface area contributed by atoms with Crippen molar-refractivity contribution in [3.8, 4) is 5.75 Å². The Morgan fingerprint density at radius 1 is 1.39 bits per heavy atom. The van der Waals surface area contributed by atoms with Gasteiger partial charge in [-0.3, -0.25) is 0 Å². The Morgan fingerprint density at radius 3 is 2.89 bits per heavy atom. The SMILES string of the molecule is CCC1(C)CN(c2ccccc2OC)CCCN1. The quantitative estimate of drug-likeness (QED) is 0.890. The van der Waals surface area contributed by atoms with Crippen molar-refractivity contribution < 1.29 is 4.74 Å². The fraction of sp³-hybridized carbons (Fsp3) is 0.600. The Balaban J connectivity index is 2.25. The van der Waals surface area contributed by atoms with E-state index < -0.39 is 0 Å². The maximum atomic E-state index is 5.48. The Hall–Kier alpha value is -1.22. The van der Waals surface area contributed by atoms with Crippen LogP contribution in [0.5, 0.6) is 5.75 Å². The zero-order valence-corrected chi connectivity index (χ0v) is 11.7. The van der Waals surface area contributed by atoms with Gasteiger partial charge in [-0.2, -0.15) is 0 Å². The van der Waals surface area contributed by atoms with Gasteiger partial charge in [0.2, 0.25) is 0 Å². The lowest BCUT2D eigenvalue weighted by molar-refractivity contribution is 0.364. The lowest BCUT2D eigenvalue weighted by Gasteiger charge is -2.34. The van der Waals surface area contributed by atoms with E-state index in [1.54, 1.807) is 7.11 Å². The summed E-state index contributed by atoms with van der Waals surface area (Å²) in [6.07, 6.45) is 2.31. The summed E-state index contributed by atoms with van der Waals surface area (Å²) in [5.74, 6) is 0.970. The van der Waals surface area contributed by atoms with Gasteiger partial charge < -0.3 is 15.0 Å². The number of hydrogen-bond donors (Lipinski definition) is 1. The fourth-order valence-corrected chi connectivity index (χ4v) is 2.55. The highest BCUT2D eigenvalue weighted by molar-refractivity contribution is 5.58. The van der Waals surface area contributed by atoms with Crippen LogP contribution in [0.1, 0.15) is 26.7 Å². The Kier molecular flexibility index (Phi) is 4.12. The maximum Gasteiger partial charge on any atom is 0.142 e. The summed E-state index contributed by atoms with van der Waals surface area (Å²) in [4.78, 5) is 2.45.